The summed E-state index contributed by atoms with van der Waals surface area (Å²) in [4.78, 5) is 11.2. The minimum Gasteiger partial charge on any atom is -0.480 e. The fourth-order valence-electron chi connectivity index (χ4n) is 3.51. The monoisotopic (exact) mass is 278 g/mol. The van der Waals surface area contributed by atoms with Gasteiger partial charge in [0.05, 0.1) is 13.2 Å². The number of hydrogen-bond acceptors (Lipinski definition) is 5. The highest BCUT2D eigenvalue weighted by molar-refractivity contribution is 5.25. The van der Waals surface area contributed by atoms with E-state index in [-0.39, 0.29) is 11.6 Å². The number of rotatable bonds is 5. The number of nitrogens with zero attached hydrogens (tertiary/aromatic N) is 3. The maximum Gasteiger partial charge on any atom is 0.237 e. The van der Waals surface area contributed by atoms with Crippen molar-refractivity contribution in [3.05, 3.63) is 18.1 Å². The quantitative estimate of drug-likeness (QED) is 0.893. The third-order valence-corrected chi connectivity index (χ3v) is 4.59. The van der Waals surface area contributed by atoms with Gasteiger partial charge in [0, 0.05) is 17.9 Å². The molecule has 0 bridgehead atoms. The molecule has 1 saturated carbocycles. The van der Waals surface area contributed by atoms with Crippen molar-refractivity contribution in [2.45, 2.75) is 43.7 Å². The van der Waals surface area contributed by atoms with E-state index in [2.05, 4.69) is 34.3 Å². The summed E-state index contributed by atoms with van der Waals surface area (Å²) in [5.41, 5.74) is 0.990. The van der Waals surface area contributed by atoms with Crippen molar-refractivity contribution in [2.75, 3.05) is 28.3 Å². The molecule has 1 heterocycles. The summed E-state index contributed by atoms with van der Waals surface area (Å²) in [6.07, 6.45) is 9.62. The zero-order valence-electron chi connectivity index (χ0n) is 13.0. The first-order valence-electron chi connectivity index (χ1n) is 7.35. The summed E-state index contributed by atoms with van der Waals surface area (Å²) >= 11 is 0. The van der Waals surface area contributed by atoms with Crippen molar-refractivity contribution in [3.63, 3.8) is 0 Å². The molecule has 1 N–H and O–H groups in total. The molecular weight excluding hydrogens is 252 g/mol. The summed E-state index contributed by atoms with van der Waals surface area (Å²) < 4.78 is 5.41. The van der Waals surface area contributed by atoms with Crippen LogP contribution >= 0.6 is 0 Å². The van der Waals surface area contributed by atoms with Crippen LogP contribution in [0.15, 0.2) is 12.4 Å². The van der Waals surface area contributed by atoms with E-state index in [1.54, 1.807) is 19.5 Å². The summed E-state index contributed by atoms with van der Waals surface area (Å²) in [5.74, 6) is 0.624. The van der Waals surface area contributed by atoms with E-state index in [0.29, 0.717) is 5.88 Å². The molecule has 1 aliphatic carbocycles. The van der Waals surface area contributed by atoms with Crippen molar-refractivity contribution in [1.82, 2.24) is 20.2 Å². The smallest absolute Gasteiger partial charge is 0.237 e. The number of ether oxygens (including phenoxy) is 1. The minimum absolute atomic E-state index is 0.0797. The lowest BCUT2D eigenvalue weighted by molar-refractivity contribution is 0.0565. The molecule has 0 aromatic carbocycles. The molecule has 0 saturated heterocycles. The highest BCUT2D eigenvalue weighted by Crippen LogP contribution is 2.42. The molecule has 0 spiro atoms. The molecule has 0 radical (unpaired) electrons. The van der Waals surface area contributed by atoms with Gasteiger partial charge in [0.25, 0.3) is 0 Å². The molecule has 5 heteroatoms. The first-order chi connectivity index (χ1) is 9.65. The Balaban J connectivity index is 2.43. The summed E-state index contributed by atoms with van der Waals surface area (Å²) in [6, 6.07) is 0.126. The Bertz CT molecular complexity index is 430. The molecule has 1 atom stereocenters. The van der Waals surface area contributed by atoms with Gasteiger partial charge in [-0.05, 0) is 34.0 Å². The van der Waals surface area contributed by atoms with Crippen LogP contribution in [-0.2, 0) is 0 Å². The van der Waals surface area contributed by atoms with Crippen LogP contribution in [0, 0.1) is 0 Å². The third kappa shape index (κ3) is 2.65. The van der Waals surface area contributed by atoms with Crippen molar-refractivity contribution < 1.29 is 4.74 Å². The first kappa shape index (κ1) is 15.2. The Kier molecular flexibility index (Phi) is 4.94. The lowest BCUT2D eigenvalue weighted by atomic mass is 9.74. The Hall–Kier alpha value is -1.20. The van der Waals surface area contributed by atoms with Crippen LogP contribution in [0.2, 0.25) is 0 Å². The fraction of sp³-hybridized carbons (Fsp3) is 0.733. The molecule has 0 amide bonds. The lowest BCUT2D eigenvalue weighted by Crippen LogP contribution is -2.54. The van der Waals surface area contributed by atoms with E-state index < -0.39 is 0 Å². The third-order valence-electron chi connectivity index (χ3n) is 4.59. The summed E-state index contributed by atoms with van der Waals surface area (Å²) in [7, 11) is 7.99. The summed E-state index contributed by atoms with van der Waals surface area (Å²) in [6.45, 7) is 0. The Morgan fingerprint density at radius 3 is 2.40 bits per heavy atom. The van der Waals surface area contributed by atoms with Gasteiger partial charge in [-0.25, -0.2) is 4.98 Å². The van der Waals surface area contributed by atoms with E-state index in [1.807, 2.05) is 7.05 Å². The van der Waals surface area contributed by atoms with Crippen LogP contribution in [0.25, 0.3) is 0 Å². The molecule has 20 heavy (non-hydrogen) atoms. The van der Waals surface area contributed by atoms with Crippen molar-refractivity contribution in [3.8, 4) is 5.88 Å². The highest BCUT2D eigenvalue weighted by Gasteiger charge is 2.43. The number of methoxy groups -OCH3 is 1. The second-order valence-corrected chi connectivity index (χ2v) is 5.73. The second-order valence-electron chi connectivity index (χ2n) is 5.73. The lowest BCUT2D eigenvalue weighted by Gasteiger charge is -2.48. The number of aromatic nitrogens is 2. The van der Waals surface area contributed by atoms with Gasteiger partial charge in [-0.3, -0.25) is 4.98 Å². The van der Waals surface area contributed by atoms with Crippen LogP contribution in [-0.4, -0.2) is 48.7 Å². The number of likely N-dealkylation sites (N-methyl/N-ethyl adjacent to an activating group) is 2. The molecule has 5 nitrogen and oxygen atoms in total. The van der Waals surface area contributed by atoms with Crippen LogP contribution in [0.5, 0.6) is 5.88 Å². The van der Waals surface area contributed by atoms with Crippen LogP contribution < -0.4 is 10.1 Å². The summed E-state index contributed by atoms with van der Waals surface area (Å²) in [5, 5.41) is 3.46. The van der Waals surface area contributed by atoms with Crippen LogP contribution in [0.4, 0.5) is 0 Å². The molecular formula is C15H26N4O. The Morgan fingerprint density at radius 1 is 1.20 bits per heavy atom. The van der Waals surface area contributed by atoms with Gasteiger partial charge in [0.1, 0.15) is 5.69 Å². The van der Waals surface area contributed by atoms with Crippen molar-refractivity contribution >= 4 is 0 Å². The Labute approximate surface area is 121 Å². The average Bonchev–Trinajstić information content (AvgIpc) is 2.49. The molecule has 112 valence electrons. The predicted octanol–water partition coefficient (Wildman–Crippen LogP) is 2.01. The van der Waals surface area contributed by atoms with E-state index in [1.165, 1.54) is 32.1 Å². The van der Waals surface area contributed by atoms with Crippen molar-refractivity contribution in [1.29, 1.82) is 0 Å². The van der Waals surface area contributed by atoms with Gasteiger partial charge in [-0.1, -0.05) is 19.3 Å². The fourth-order valence-corrected chi connectivity index (χ4v) is 3.51. The number of hydrogen-bond donors (Lipinski definition) is 1. The van der Waals surface area contributed by atoms with Crippen LogP contribution in [0.3, 0.4) is 0 Å². The maximum absolute atomic E-state index is 5.41. The predicted molar refractivity (Wildman–Crippen MR) is 79.9 cm³/mol. The van der Waals surface area contributed by atoms with Gasteiger partial charge in [-0.2, -0.15) is 0 Å². The van der Waals surface area contributed by atoms with Crippen molar-refractivity contribution in [2.24, 2.45) is 0 Å². The van der Waals surface area contributed by atoms with Gasteiger partial charge in [0.15, 0.2) is 0 Å². The molecule has 1 aliphatic rings. The van der Waals surface area contributed by atoms with Crippen LogP contribution in [0.1, 0.15) is 43.8 Å². The van der Waals surface area contributed by atoms with E-state index in [0.717, 1.165) is 5.69 Å². The van der Waals surface area contributed by atoms with Gasteiger partial charge >= 0.3 is 0 Å². The zero-order chi connectivity index (χ0) is 14.6. The van der Waals surface area contributed by atoms with E-state index >= 15 is 0 Å². The largest absolute Gasteiger partial charge is 0.480 e. The molecule has 2 rings (SSSR count). The highest BCUT2D eigenvalue weighted by atomic mass is 16.5. The van der Waals surface area contributed by atoms with Gasteiger partial charge in [-0.15, -0.1) is 0 Å². The molecule has 1 aromatic heterocycles. The molecule has 0 aliphatic heterocycles. The molecule has 1 aromatic rings. The molecule has 1 unspecified atom stereocenters. The van der Waals surface area contributed by atoms with Gasteiger partial charge < -0.3 is 15.0 Å². The standard InChI is InChI=1S/C15H26N4O/c1-16-13(12-14(20-4)18-11-10-17-12)15(19(2)3)8-6-5-7-9-15/h10-11,13,16H,5-9H2,1-4H3. The average molecular weight is 278 g/mol. The maximum atomic E-state index is 5.41. The first-order valence-corrected chi connectivity index (χ1v) is 7.35. The molecule has 1 fully saturated rings. The normalized spacial score (nSPS) is 19.9. The SMILES string of the molecule is CNC(c1nccnc1OC)C1(N(C)C)CCCCC1. The van der Waals surface area contributed by atoms with E-state index in [4.69, 9.17) is 4.74 Å². The zero-order valence-corrected chi connectivity index (χ0v) is 13.0. The Morgan fingerprint density at radius 2 is 1.85 bits per heavy atom. The topological polar surface area (TPSA) is 50.3 Å². The van der Waals surface area contributed by atoms with Gasteiger partial charge in [0.2, 0.25) is 5.88 Å². The minimum atomic E-state index is 0.0797. The number of nitrogens with one attached hydrogen (secondary N) is 1. The van der Waals surface area contributed by atoms with E-state index in [9.17, 15) is 0 Å². The second kappa shape index (κ2) is 6.50.